The molecule has 1 aliphatic heterocycles. The summed E-state index contributed by atoms with van der Waals surface area (Å²) in [6.07, 6.45) is 19.5. The summed E-state index contributed by atoms with van der Waals surface area (Å²) >= 11 is 0. The van der Waals surface area contributed by atoms with E-state index in [4.69, 9.17) is 14.6 Å². The zero-order valence-corrected chi connectivity index (χ0v) is 18.6. The van der Waals surface area contributed by atoms with Crippen LogP contribution in [-0.2, 0) is 9.47 Å². The van der Waals surface area contributed by atoms with Gasteiger partial charge in [0.05, 0.1) is 13.2 Å². The summed E-state index contributed by atoms with van der Waals surface area (Å²) in [7, 11) is 0. The average molecular weight is 415 g/mol. The Morgan fingerprint density at radius 1 is 0.897 bits per heavy atom. The van der Waals surface area contributed by atoms with Gasteiger partial charge in [0, 0.05) is 6.61 Å². The van der Waals surface area contributed by atoms with E-state index in [0.717, 1.165) is 12.8 Å². The van der Waals surface area contributed by atoms with Crippen LogP contribution in [0.2, 0.25) is 0 Å². The van der Waals surface area contributed by atoms with Crippen LogP contribution in [0.5, 0.6) is 0 Å². The first kappa shape index (κ1) is 26.6. The van der Waals surface area contributed by atoms with Gasteiger partial charge >= 0.3 is 0 Å². The van der Waals surface area contributed by atoms with E-state index < -0.39 is 31.0 Å². The third-order valence-corrected chi connectivity index (χ3v) is 5.72. The number of unbranched alkanes of at least 4 members (excludes halogenated alkanes) is 12. The Bertz CT molecular complexity index is 387. The Labute approximate surface area is 178 Å². The topological polar surface area (TPSA) is 79.2 Å². The Kier molecular flexibility index (Phi) is 16.8. The van der Waals surface area contributed by atoms with Crippen molar-refractivity contribution in [3.8, 4) is 0 Å². The standard InChI is InChI=1S/C24H46O5/c1-2-3-4-5-6-7-8-9-10-11-12-13-14-15-16-17-18-28-22-20-29-24(23(22)27)21(26)19-25/h8-9,21-27H,2-7,10-20H2,1H3/b9-8+/t21-,22+,23-,24-/m1/s1. The molecule has 0 aromatic rings. The van der Waals surface area contributed by atoms with Crippen molar-refractivity contribution in [3.63, 3.8) is 0 Å². The summed E-state index contributed by atoms with van der Waals surface area (Å²) in [6.45, 7) is 2.73. The van der Waals surface area contributed by atoms with Crippen molar-refractivity contribution in [1.29, 1.82) is 0 Å². The molecular formula is C24H46O5. The summed E-state index contributed by atoms with van der Waals surface area (Å²) in [5.41, 5.74) is 0. The molecule has 0 amide bonds. The van der Waals surface area contributed by atoms with Gasteiger partial charge in [-0.15, -0.1) is 0 Å². The molecule has 1 rings (SSSR count). The first-order chi connectivity index (χ1) is 14.2. The number of hydrogen-bond donors (Lipinski definition) is 3. The molecule has 172 valence electrons. The zero-order valence-electron chi connectivity index (χ0n) is 18.6. The number of allylic oxidation sites excluding steroid dienone is 2. The number of aliphatic hydroxyl groups excluding tert-OH is 3. The van der Waals surface area contributed by atoms with Crippen LogP contribution in [0.25, 0.3) is 0 Å². The maximum Gasteiger partial charge on any atom is 0.114 e. The molecule has 4 atom stereocenters. The maximum atomic E-state index is 10.1. The van der Waals surface area contributed by atoms with E-state index in [1.807, 2.05) is 0 Å². The molecule has 0 aliphatic carbocycles. The van der Waals surface area contributed by atoms with Crippen LogP contribution in [-0.4, -0.2) is 59.6 Å². The molecule has 0 saturated carbocycles. The summed E-state index contributed by atoms with van der Waals surface area (Å²) < 4.78 is 11.0. The van der Waals surface area contributed by atoms with Crippen molar-refractivity contribution >= 4 is 0 Å². The van der Waals surface area contributed by atoms with E-state index in [9.17, 15) is 10.2 Å². The lowest BCUT2D eigenvalue weighted by atomic mass is 10.1. The number of aliphatic hydroxyl groups is 3. The Balaban J connectivity index is 1.83. The fourth-order valence-electron chi connectivity index (χ4n) is 3.79. The molecule has 0 unspecified atom stereocenters. The number of rotatable bonds is 19. The second kappa shape index (κ2) is 18.3. The predicted molar refractivity (Wildman–Crippen MR) is 118 cm³/mol. The molecule has 29 heavy (non-hydrogen) atoms. The molecule has 0 radical (unpaired) electrons. The van der Waals surface area contributed by atoms with Crippen LogP contribution in [0.15, 0.2) is 12.2 Å². The fraction of sp³-hybridized carbons (Fsp3) is 0.917. The largest absolute Gasteiger partial charge is 0.394 e. The first-order valence-corrected chi connectivity index (χ1v) is 12.1. The van der Waals surface area contributed by atoms with Gasteiger partial charge in [-0.2, -0.15) is 0 Å². The van der Waals surface area contributed by atoms with Gasteiger partial charge in [-0.05, 0) is 32.1 Å². The van der Waals surface area contributed by atoms with Gasteiger partial charge < -0.3 is 24.8 Å². The van der Waals surface area contributed by atoms with Crippen molar-refractivity contribution in [2.75, 3.05) is 19.8 Å². The molecule has 3 N–H and O–H groups in total. The van der Waals surface area contributed by atoms with Gasteiger partial charge in [0.1, 0.15) is 24.4 Å². The molecule has 5 nitrogen and oxygen atoms in total. The highest BCUT2D eigenvalue weighted by Crippen LogP contribution is 2.20. The maximum absolute atomic E-state index is 10.1. The highest BCUT2D eigenvalue weighted by atomic mass is 16.6. The molecule has 5 heteroatoms. The second-order valence-corrected chi connectivity index (χ2v) is 8.39. The molecular weight excluding hydrogens is 368 g/mol. The van der Waals surface area contributed by atoms with Crippen molar-refractivity contribution in [1.82, 2.24) is 0 Å². The van der Waals surface area contributed by atoms with Crippen LogP contribution >= 0.6 is 0 Å². The quantitative estimate of drug-likeness (QED) is 0.214. The van der Waals surface area contributed by atoms with Gasteiger partial charge in [-0.1, -0.05) is 76.9 Å². The molecule has 0 aromatic carbocycles. The van der Waals surface area contributed by atoms with Crippen LogP contribution in [0.1, 0.15) is 96.8 Å². The Hall–Kier alpha value is -0.460. The van der Waals surface area contributed by atoms with E-state index in [-0.39, 0.29) is 6.61 Å². The minimum absolute atomic E-state index is 0.274. The molecule has 0 bridgehead atoms. The van der Waals surface area contributed by atoms with Gasteiger partial charge in [0.2, 0.25) is 0 Å². The number of ether oxygens (including phenoxy) is 2. The van der Waals surface area contributed by atoms with E-state index in [1.165, 1.54) is 77.0 Å². The van der Waals surface area contributed by atoms with Crippen molar-refractivity contribution in [2.24, 2.45) is 0 Å². The molecule has 0 spiro atoms. The van der Waals surface area contributed by atoms with Crippen LogP contribution in [0, 0.1) is 0 Å². The van der Waals surface area contributed by atoms with E-state index in [1.54, 1.807) is 0 Å². The normalized spacial score (nSPS) is 23.2. The van der Waals surface area contributed by atoms with Gasteiger partial charge in [0.25, 0.3) is 0 Å². The number of hydrogen-bond acceptors (Lipinski definition) is 5. The molecule has 0 aromatic heterocycles. The molecule has 1 heterocycles. The Morgan fingerprint density at radius 3 is 2.03 bits per heavy atom. The van der Waals surface area contributed by atoms with E-state index >= 15 is 0 Å². The fourth-order valence-corrected chi connectivity index (χ4v) is 3.79. The minimum Gasteiger partial charge on any atom is -0.394 e. The Morgan fingerprint density at radius 2 is 1.45 bits per heavy atom. The van der Waals surface area contributed by atoms with Crippen molar-refractivity contribution < 1.29 is 24.8 Å². The van der Waals surface area contributed by atoms with Gasteiger partial charge in [-0.25, -0.2) is 0 Å². The second-order valence-electron chi connectivity index (χ2n) is 8.39. The third-order valence-electron chi connectivity index (χ3n) is 5.72. The summed E-state index contributed by atoms with van der Waals surface area (Å²) in [4.78, 5) is 0. The SMILES string of the molecule is CCCCCCC/C=C/CCCCCCCCCO[C@H]1CO[C@H]([C@H](O)CO)[C@@H]1O. The summed E-state index contributed by atoms with van der Waals surface area (Å²) in [5.74, 6) is 0. The predicted octanol–water partition coefficient (Wildman–Crippen LogP) is 4.52. The van der Waals surface area contributed by atoms with E-state index in [0.29, 0.717) is 6.61 Å². The highest BCUT2D eigenvalue weighted by Gasteiger charge is 2.40. The van der Waals surface area contributed by atoms with Gasteiger partial charge in [-0.3, -0.25) is 0 Å². The van der Waals surface area contributed by atoms with Crippen molar-refractivity contribution in [2.45, 2.75) is 121 Å². The van der Waals surface area contributed by atoms with Gasteiger partial charge in [0.15, 0.2) is 0 Å². The molecule has 1 aliphatic rings. The summed E-state index contributed by atoms with van der Waals surface area (Å²) in [5, 5.41) is 28.6. The lowest BCUT2D eigenvalue weighted by Crippen LogP contribution is -2.41. The summed E-state index contributed by atoms with van der Waals surface area (Å²) in [6, 6.07) is 0. The molecule has 1 saturated heterocycles. The lowest BCUT2D eigenvalue weighted by molar-refractivity contribution is -0.0730. The van der Waals surface area contributed by atoms with Crippen LogP contribution < -0.4 is 0 Å². The monoisotopic (exact) mass is 414 g/mol. The smallest absolute Gasteiger partial charge is 0.114 e. The van der Waals surface area contributed by atoms with E-state index in [2.05, 4.69) is 19.1 Å². The lowest BCUT2D eigenvalue weighted by Gasteiger charge is -2.20. The van der Waals surface area contributed by atoms with Crippen LogP contribution in [0.4, 0.5) is 0 Å². The third kappa shape index (κ3) is 12.7. The molecule has 1 fully saturated rings. The van der Waals surface area contributed by atoms with Crippen molar-refractivity contribution in [3.05, 3.63) is 12.2 Å². The minimum atomic E-state index is -1.05. The highest BCUT2D eigenvalue weighted by molar-refractivity contribution is 4.88. The van der Waals surface area contributed by atoms with Crippen LogP contribution in [0.3, 0.4) is 0 Å². The zero-order chi connectivity index (χ0) is 21.2. The first-order valence-electron chi connectivity index (χ1n) is 12.1. The average Bonchev–Trinajstić information content (AvgIpc) is 3.10.